The van der Waals surface area contributed by atoms with Gasteiger partial charge in [0.05, 0.1) is 9.52 Å². The molecule has 0 saturated heterocycles. The topological polar surface area (TPSA) is 0 Å². The molecule has 0 aliphatic carbocycles. The Morgan fingerprint density at radius 3 is 2.00 bits per heavy atom. The SMILES string of the molecule is CC=C[Si]CCCCCCCCCC. The van der Waals surface area contributed by atoms with Gasteiger partial charge in [0.15, 0.2) is 0 Å². The van der Waals surface area contributed by atoms with E-state index in [1.165, 1.54) is 57.4 Å². The molecule has 1 heteroatoms. The van der Waals surface area contributed by atoms with Gasteiger partial charge in [-0.25, -0.2) is 0 Å². The van der Waals surface area contributed by atoms with Gasteiger partial charge in [-0.1, -0.05) is 70.4 Å². The normalized spacial score (nSPS) is 11.3. The van der Waals surface area contributed by atoms with Crippen LogP contribution in [0.3, 0.4) is 0 Å². The van der Waals surface area contributed by atoms with Gasteiger partial charge in [0.25, 0.3) is 0 Å². The quantitative estimate of drug-likeness (QED) is 0.359. The van der Waals surface area contributed by atoms with Crippen molar-refractivity contribution < 1.29 is 0 Å². The van der Waals surface area contributed by atoms with E-state index in [0.717, 1.165) is 9.52 Å². The molecule has 82 valence electrons. The van der Waals surface area contributed by atoms with E-state index in [0.29, 0.717) is 0 Å². The summed E-state index contributed by atoms with van der Waals surface area (Å²) in [6, 6.07) is 1.42. The van der Waals surface area contributed by atoms with Crippen LogP contribution in [0.2, 0.25) is 6.04 Å². The highest BCUT2D eigenvalue weighted by Gasteiger charge is 1.91. The molecule has 0 bridgehead atoms. The zero-order valence-electron chi connectivity index (χ0n) is 10.0. The Kier molecular flexibility index (Phi) is 12.9. The van der Waals surface area contributed by atoms with E-state index in [1.54, 1.807) is 0 Å². The molecule has 0 aromatic heterocycles. The molecule has 0 spiro atoms. The maximum atomic E-state index is 2.31. The van der Waals surface area contributed by atoms with Crippen molar-refractivity contribution in [3.05, 3.63) is 11.8 Å². The second kappa shape index (κ2) is 13.0. The van der Waals surface area contributed by atoms with Crippen LogP contribution in [0.15, 0.2) is 11.8 Å². The number of allylic oxidation sites excluding steroid dienone is 1. The van der Waals surface area contributed by atoms with Crippen LogP contribution in [0.25, 0.3) is 0 Å². The first-order chi connectivity index (χ1) is 6.91. The van der Waals surface area contributed by atoms with Gasteiger partial charge < -0.3 is 0 Å². The highest BCUT2D eigenvalue weighted by molar-refractivity contribution is 6.41. The van der Waals surface area contributed by atoms with E-state index in [9.17, 15) is 0 Å². The summed E-state index contributed by atoms with van der Waals surface area (Å²) in [6.45, 7) is 4.39. The van der Waals surface area contributed by atoms with Gasteiger partial charge in [0.2, 0.25) is 0 Å². The maximum absolute atomic E-state index is 2.31. The lowest BCUT2D eigenvalue weighted by Gasteiger charge is -2.00. The summed E-state index contributed by atoms with van der Waals surface area (Å²) in [6.07, 6.45) is 13.7. The van der Waals surface area contributed by atoms with Crippen LogP contribution in [-0.2, 0) is 0 Å². The molecule has 14 heavy (non-hydrogen) atoms. The third-order valence-electron chi connectivity index (χ3n) is 2.46. The van der Waals surface area contributed by atoms with Crippen molar-refractivity contribution >= 4 is 9.52 Å². The molecular formula is C13H26Si. The van der Waals surface area contributed by atoms with Crippen LogP contribution in [0.5, 0.6) is 0 Å². The van der Waals surface area contributed by atoms with Crippen molar-refractivity contribution in [1.29, 1.82) is 0 Å². The largest absolute Gasteiger partial charge is 0.103 e. The first-order valence-corrected chi connectivity index (χ1v) is 7.54. The molecule has 2 radical (unpaired) electrons. The van der Waals surface area contributed by atoms with E-state index in [2.05, 4.69) is 25.6 Å². The minimum Gasteiger partial charge on any atom is -0.103 e. The number of hydrogen-bond acceptors (Lipinski definition) is 0. The van der Waals surface area contributed by atoms with Gasteiger partial charge in [0.1, 0.15) is 0 Å². The van der Waals surface area contributed by atoms with E-state index < -0.39 is 0 Å². The zero-order chi connectivity index (χ0) is 10.5. The minimum absolute atomic E-state index is 1.06. The molecule has 0 unspecified atom stereocenters. The van der Waals surface area contributed by atoms with Crippen molar-refractivity contribution in [3.8, 4) is 0 Å². The Labute approximate surface area is 93.0 Å². The molecule has 0 rings (SSSR count). The van der Waals surface area contributed by atoms with Crippen LogP contribution in [-0.4, -0.2) is 9.52 Å². The van der Waals surface area contributed by atoms with Crippen molar-refractivity contribution in [1.82, 2.24) is 0 Å². The molecule has 0 aliphatic rings. The summed E-state index contributed by atoms with van der Waals surface area (Å²) in [4.78, 5) is 0. The third-order valence-corrected chi connectivity index (χ3v) is 3.67. The molecule has 0 N–H and O–H groups in total. The maximum Gasteiger partial charge on any atom is 0.0698 e. The Morgan fingerprint density at radius 2 is 1.43 bits per heavy atom. The molecule has 0 aromatic carbocycles. The van der Waals surface area contributed by atoms with Gasteiger partial charge >= 0.3 is 0 Å². The molecule has 0 saturated carbocycles. The molecule has 0 aromatic rings. The van der Waals surface area contributed by atoms with Gasteiger partial charge in [-0.05, 0) is 6.92 Å². The summed E-state index contributed by atoms with van der Waals surface area (Å²) >= 11 is 0. The van der Waals surface area contributed by atoms with Gasteiger partial charge in [-0.15, -0.1) is 5.70 Å². The average Bonchev–Trinajstić information content (AvgIpc) is 2.21. The van der Waals surface area contributed by atoms with Crippen molar-refractivity contribution in [3.63, 3.8) is 0 Å². The van der Waals surface area contributed by atoms with Crippen molar-refractivity contribution in [2.45, 2.75) is 71.3 Å². The van der Waals surface area contributed by atoms with Crippen molar-refractivity contribution in [2.75, 3.05) is 0 Å². The zero-order valence-corrected chi connectivity index (χ0v) is 11.0. The van der Waals surface area contributed by atoms with Gasteiger partial charge in [-0.3, -0.25) is 0 Å². The highest BCUT2D eigenvalue weighted by Crippen LogP contribution is 2.09. The predicted octanol–water partition coefficient (Wildman–Crippen LogP) is 4.78. The summed E-state index contributed by atoms with van der Waals surface area (Å²) in [5.41, 5.74) is 2.31. The molecule has 0 heterocycles. The molecule has 0 aliphatic heterocycles. The van der Waals surface area contributed by atoms with Crippen LogP contribution in [0.4, 0.5) is 0 Å². The van der Waals surface area contributed by atoms with Gasteiger partial charge in [-0.2, -0.15) is 0 Å². The molecule has 0 nitrogen and oxygen atoms in total. The Hall–Kier alpha value is -0.0431. The second-order valence-corrected chi connectivity index (χ2v) is 5.17. The minimum atomic E-state index is 1.06. The van der Waals surface area contributed by atoms with Crippen molar-refractivity contribution in [2.24, 2.45) is 0 Å². The summed E-state index contributed by atoms with van der Waals surface area (Å²) < 4.78 is 0. The van der Waals surface area contributed by atoms with Crippen LogP contribution >= 0.6 is 0 Å². The summed E-state index contributed by atoms with van der Waals surface area (Å²) in [5.74, 6) is 0. The first-order valence-electron chi connectivity index (χ1n) is 6.26. The van der Waals surface area contributed by atoms with E-state index >= 15 is 0 Å². The van der Waals surface area contributed by atoms with Gasteiger partial charge in [0, 0.05) is 0 Å². The molecule has 0 atom stereocenters. The third kappa shape index (κ3) is 12.0. The Balaban J connectivity index is 2.85. The number of rotatable bonds is 10. The number of hydrogen-bond donors (Lipinski definition) is 0. The fourth-order valence-corrected chi connectivity index (χ4v) is 2.42. The molecule has 0 fully saturated rings. The van der Waals surface area contributed by atoms with Crippen LogP contribution < -0.4 is 0 Å². The van der Waals surface area contributed by atoms with Crippen LogP contribution in [0.1, 0.15) is 65.2 Å². The number of unbranched alkanes of at least 4 members (excludes halogenated alkanes) is 7. The lowest BCUT2D eigenvalue weighted by molar-refractivity contribution is 0.585. The highest BCUT2D eigenvalue weighted by atomic mass is 28.2. The van der Waals surface area contributed by atoms with Crippen LogP contribution in [0, 0.1) is 0 Å². The monoisotopic (exact) mass is 210 g/mol. The predicted molar refractivity (Wildman–Crippen MR) is 68.0 cm³/mol. The van der Waals surface area contributed by atoms with E-state index in [-0.39, 0.29) is 0 Å². The smallest absolute Gasteiger partial charge is 0.0698 e. The average molecular weight is 210 g/mol. The molecular weight excluding hydrogens is 184 g/mol. The second-order valence-electron chi connectivity index (χ2n) is 3.93. The summed E-state index contributed by atoms with van der Waals surface area (Å²) in [5, 5.41) is 0. The lowest BCUT2D eigenvalue weighted by atomic mass is 10.1. The van der Waals surface area contributed by atoms with E-state index in [4.69, 9.17) is 0 Å². The standard InChI is InChI=1S/C13H26Si/c1-3-5-6-7-8-9-10-11-13-14-12-4-2/h4,12H,3,5-11,13H2,1-2H3. The van der Waals surface area contributed by atoms with E-state index in [1.807, 2.05) is 0 Å². The lowest BCUT2D eigenvalue weighted by Crippen LogP contribution is -1.85. The fourth-order valence-electron chi connectivity index (χ4n) is 1.56. The Bertz CT molecular complexity index is 118. The summed E-state index contributed by atoms with van der Waals surface area (Å²) in [7, 11) is 1.06. The first kappa shape index (κ1) is 14.0. The fraction of sp³-hybridized carbons (Fsp3) is 0.846. The molecule has 0 amide bonds. The Morgan fingerprint density at radius 1 is 0.857 bits per heavy atom.